The maximum Gasteiger partial charge on any atom is 0.267 e. The van der Waals surface area contributed by atoms with Gasteiger partial charge in [-0.2, -0.15) is 0 Å². The normalized spacial score (nSPS) is 11.5. The van der Waals surface area contributed by atoms with Crippen LogP contribution in [0.15, 0.2) is 47.7 Å². The van der Waals surface area contributed by atoms with Crippen LogP contribution in [0.3, 0.4) is 0 Å². The number of carbonyl (C=O) groups is 1. The molecule has 4 rings (SSSR count). The van der Waals surface area contributed by atoms with Crippen LogP contribution >= 0.6 is 22.0 Å². The Balaban J connectivity index is 1.36. The highest BCUT2D eigenvalue weighted by atomic mass is 32.2. The molecule has 142 valence electrons. The van der Waals surface area contributed by atoms with Crippen molar-refractivity contribution in [3.63, 3.8) is 0 Å². The van der Waals surface area contributed by atoms with Crippen molar-refractivity contribution in [3.8, 4) is 10.6 Å². The molecule has 0 aliphatic rings. The van der Waals surface area contributed by atoms with Gasteiger partial charge >= 0.3 is 0 Å². The van der Waals surface area contributed by atoms with E-state index in [2.05, 4.69) is 35.4 Å². The molecule has 4 aromatic rings. The lowest BCUT2D eigenvalue weighted by Crippen LogP contribution is -2.13. The van der Waals surface area contributed by atoms with Gasteiger partial charge < -0.3 is 15.8 Å². The third kappa shape index (κ3) is 3.92. The van der Waals surface area contributed by atoms with E-state index < -0.39 is 5.91 Å². The predicted molar refractivity (Wildman–Crippen MR) is 110 cm³/mol. The number of anilines is 1. The summed E-state index contributed by atoms with van der Waals surface area (Å²) in [4.78, 5) is 25.8. The Bertz CT molecular complexity index is 1080. The highest BCUT2D eigenvalue weighted by molar-refractivity contribution is 7.36. The van der Waals surface area contributed by atoms with E-state index in [1.54, 1.807) is 29.8 Å². The van der Waals surface area contributed by atoms with Crippen molar-refractivity contribution in [3.05, 3.63) is 53.4 Å². The summed E-state index contributed by atoms with van der Waals surface area (Å²) in [6.45, 7) is 1.20. The zero-order chi connectivity index (χ0) is 19.3. The maximum atomic E-state index is 11.0. The molecule has 4 heterocycles. The first-order valence-electron chi connectivity index (χ1n) is 8.51. The Morgan fingerprint density at radius 1 is 1.29 bits per heavy atom. The maximum absolute atomic E-state index is 11.0. The molecular weight excluding hydrogens is 396 g/mol. The Morgan fingerprint density at radius 2 is 2.21 bits per heavy atom. The molecule has 0 bridgehead atoms. The molecule has 1 atom stereocenters. The molecule has 1 amide bonds. The highest BCUT2D eigenvalue weighted by Crippen LogP contribution is 2.40. The zero-order valence-electron chi connectivity index (χ0n) is 14.7. The minimum Gasteiger partial charge on any atom is -0.492 e. The molecule has 0 aliphatic carbocycles. The Morgan fingerprint density at radius 3 is 2.96 bits per heavy atom. The second-order valence-corrected chi connectivity index (χ2v) is 8.18. The number of amides is 1. The number of fused-ring (bicyclic) bond motifs is 1. The Labute approximate surface area is 167 Å². The molecule has 4 aromatic heterocycles. The van der Waals surface area contributed by atoms with Crippen LogP contribution in [0.4, 0.5) is 5.82 Å². The van der Waals surface area contributed by atoms with Crippen molar-refractivity contribution >= 4 is 43.9 Å². The van der Waals surface area contributed by atoms with Gasteiger partial charge in [0.25, 0.3) is 5.91 Å². The summed E-state index contributed by atoms with van der Waals surface area (Å²) < 4.78 is 10.1. The number of nitrogens with zero attached hydrogens (tertiary/aromatic N) is 4. The highest BCUT2D eigenvalue weighted by Gasteiger charge is 2.21. The third-order valence-electron chi connectivity index (χ3n) is 3.90. The Hall–Kier alpha value is -3.11. The molecule has 3 N–H and O–H groups in total. The van der Waals surface area contributed by atoms with Gasteiger partial charge in [0.2, 0.25) is 4.90 Å². The van der Waals surface area contributed by atoms with Gasteiger partial charge in [0.15, 0.2) is 5.38 Å². The lowest BCUT2D eigenvalue weighted by molar-refractivity contribution is 0.0995. The van der Waals surface area contributed by atoms with Gasteiger partial charge in [-0.3, -0.25) is 4.79 Å². The van der Waals surface area contributed by atoms with Crippen LogP contribution in [-0.2, 0) is 0 Å². The van der Waals surface area contributed by atoms with E-state index in [1.165, 1.54) is 6.20 Å². The topological polar surface area (TPSA) is 116 Å². The van der Waals surface area contributed by atoms with E-state index >= 15 is 0 Å². The van der Waals surface area contributed by atoms with E-state index in [1.807, 2.05) is 12.3 Å². The molecule has 10 heteroatoms. The van der Waals surface area contributed by atoms with E-state index in [0.29, 0.717) is 18.9 Å². The van der Waals surface area contributed by atoms with E-state index in [9.17, 15) is 4.79 Å². The molecule has 8 nitrogen and oxygen atoms in total. The number of hydrogen-bond acceptors (Lipinski definition) is 8. The zero-order valence-corrected chi connectivity index (χ0v) is 16.4. The minimum absolute atomic E-state index is 0.218. The van der Waals surface area contributed by atoms with Crippen LogP contribution in [0.2, 0.25) is 0 Å². The van der Waals surface area contributed by atoms with Crippen molar-refractivity contribution in [1.82, 2.24) is 19.3 Å². The molecule has 28 heavy (non-hydrogen) atoms. The summed E-state index contributed by atoms with van der Waals surface area (Å²) in [5, 5.41) is 8.60. The number of primary amides is 1. The SMILES string of the molecule is NC(=O)c1ccc(OCCCNc2ncnc3scc(-[s+]4cccn4)c23)cn1. The number of rotatable bonds is 8. The van der Waals surface area contributed by atoms with Gasteiger partial charge in [0, 0.05) is 12.6 Å². The summed E-state index contributed by atoms with van der Waals surface area (Å²) in [7, 11) is -0.269. The van der Waals surface area contributed by atoms with Crippen LogP contribution in [0.1, 0.15) is 16.9 Å². The smallest absolute Gasteiger partial charge is 0.267 e. The molecule has 0 aromatic carbocycles. The quantitative estimate of drug-likeness (QED) is 0.336. The fraction of sp³-hybridized carbons (Fsp3) is 0.167. The number of nitrogens with two attached hydrogens (primary N) is 1. The van der Waals surface area contributed by atoms with Crippen LogP contribution in [0.5, 0.6) is 5.75 Å². The standard InChI is InChI=1S/C18H16N6O2S2/c19-16(25)13-4-3-12(9-21-13)26-7-1-5-20-17-15-14(28-8-2-6-24-28)10-27-18(15)23-11-22-17/h2-4,6,8-11H,1,5,7H2,(H2-,19,20,22,23,25)/p+1. The van der Waals surface area contributed by atoms with Crippen molar-refractivity contribution in [2.24, 2.45) is 5.73 Å². The lowest BCUT2D eigenvalue weighted by Gasteiger charge is -2.08. The van der Waals surface area contributed by atoms with Gasteiger partial charge in [-0.15, -0.1) is 11.3 Å². The fourth-order valence-electron chi connectivity index (χ4n) is 2.59. The molecule has 0 aliphatic heterocycles. The molecule has 0 radical (unpaired) electrons. The number of carbonyl (C=O) groups excluding carboxylic acids is 1. The molecule has 1 unspecified atom stereocenters. The largest absolute Gasteiger partial charge is 0.492 e. The average molecular weight is 414 g/mol. The van der Waals surface area contributed by atoms with Gasteiger partial charge in [-0.25, -0.2) is 15.0 Å². The number of nitrogens with one attached hydrogen (secondary N) is 1. The van der Waals surface area contributed by atoms with Gasteiger partial charge in [0.1, 0.15) is 44.5 Å². The summed E-state index contributed by atoms with van der Waals surface area (Å²) in [5.41, 5.74) is 5.39. The van der Waals surface area contributed by atoms with Crippen LogP contribution < -0.4 is 15.8 Å². The molecule has 0 saturated heterocycles. The summed E-state index contributed by atoms with van der Waals surface area (Å²) in [5.74, 6) is 0.859. The first kappa shape index (κ1) is 18.3. The molecule has 0 saturated carbocycles. The Kier molecular flexibility index (Phi) is 5.40. The average Bonchev–Trinajstić information content (AvgIpc) is 3.38. The van der Waals surface area contributed by atoms with Crippen molar-refractivity contribution in [1.29, 1.82) is 0 Å². The van der Waals surface area contributed by atoms with Gasteiger partial charge in [-0.1, -0.05) is 0 Å². The van der Waals surface area contributed by atoms with Gasteiger partial charge in [0.05, 0.1) is 24.4 Å². The number of pyridine rings is 1. The second-order valence-electron chi connectivity index (χ2n) is 5.77. The molecule has 0 fully saturated rings. The van der Waals surface area contributed by atoms with Crippen molar-refractivity contribution in [2.75, 3.05) is 18.5 Å². The summed E-state index contributed by atoms with van der Waals surface area (Å²) >= 11 is 1.60. The monoisotopic (exact) mass is 413 g/mol. The number of ether oxygens (including phenoxy) is 1. The number of hydrogen-bond donors (Lipinski definition) is 2. The van der Waals surface area contributed by atoms with Gasteiger partial charge in [-0.05, 0) is 22.9 Å². The van der Waals surface area contributed by atoms with Crippen molar-refractivity contribution in [2.45, 2.75) is 6.42 Å². The first-order chi connectivity index (χ1) is 13.7. The minimum atomic E-state index is -0.556. The number of aromatic nitrogens is 4. The third-order valence-corrected chi connectivity index (χ3v) is 6.47. The van der Waals surface area contributed by atoms with Crippen LogP contribution in [0, 0.1) is 0 Å². The molecular formula is C18H17N6O2S2+. The summed E-state index contributed by atoms with van der Waals surface area (Å²) in [6, 6.07) is 5.20. The van der Waals surface area contributed by atoms with Crippen molar-refractivity contribution < 1.29 is 9.53 Å². The molecule has 0 spiro atoms. The van der Waals surface area contributed by atoms with E-state index in [-0.39, 0.29) is 16.4 Å². The second kappa shape index (κ2) is 8.28. The lowest BCUT2D eigenvalue weighted by atomic mass is 10.3. The summed E-state index contributed by atoms with van der Waals surface area (Å²) in [6.07, 6.45) is 5.66. The fourth-order valence-corrected chi connectivity index (χ4v) is 5.12. The van der Waals surface area contributed by atoms with E-state index in [0.717, 1.165) is 27.4 Å². The van der Waals surface area contributed by atoms with Crippen LogP contribution in [-0.4, -0.2) is 38.4 Å². The van der Waals surface area contributed by atoms with Crippen LogP contribution in [0.25, 0.3) is 15.1 Å². The predicted octanol–water partition coefficient (Wildman–Crippen LogP) is 3.20. The van der Waals surface area contributed by atoms with E-state index in [4.69, 9.17) is 10.5 Å². The number of thiophene rings is 1. The first-order valence-corrected chi connectivity index (χ1v) is 10.6.